The standard InChI is InChI=1S/C13H24N2O4/c1-10(2-3-12(17)18)4-6-14-13(19)15-7-5-11(8-15)9-16/h10-11,16H,2-9H2,1H3,(H,14,19)(H,17,18). The quantitative estimate of drug-likeness (QED) is 0.642. The smallest absolute Gasteiger partial charge is 0.317 e. The Morgan fingerprint density at radius 2 is 2.16 bits per heavy atom. The zero-order valence-corrected chi connectivity index (χ0v) is 11.5. The molecule has 1 fully saturated rings. The minimum atomic E-state index is -0.775. The third-order valence-corrected chi connectivity index (χ3v) is 3.60. The Labute approximate surface area is 113 Å². The van der Waals surface area contributed by atoms with Gasteiger partial charge in [0.2, 0.25) is 0 Å². The Hall–Kier alpha value is -1.30. The number of carbonyl (C=O) groups is 2. The van der Waals surface area contributed by atoms with Crippen molar-refractivity contribution in [3.8, 4) is 0 Å². The van der Waals surface area contributed by atoms with Gasteiger partial charge in [0.1, 0.15) is 0 Å². The minimum absolute atomic E-state index is 0.0821. The van der Waals surface area contributed by atoms with E-state index in [2.05, 4.69) is 5.32 Å². The molecule has 1 heterocycles. The van der Waals surface area contributed by atoms with Gasteiger partial charge in [-0.3, -0.25) is 4.79 Å². The number of nitrogens with zero attached hydrogens (tertiary/aromatic N) is 1. The average molecular weight is 272 g/mol. The monoisotopic (exact) mass is 272 g/mol. The summed E-state index contributed by atoms with van der Waals surface area (Å²) in [6, 6.07) is -0.0821. The lowest BCUT2D eigenvalue weighted by molar-refractivity contribution is -0.137. The van der Waals surface area contributed by atoms with E-state index in [0.29, 0.717) is 32.0 Å². The summed E-state index contributed by atoms with van der Waals surface area (Å²) < 4.78 is 0. The second-order valence-corrected chi connectivity index (χ2v) is 5.34. The van der Waals surface area contributed by atoms with Crippen molar-refractivity contribution in [2.24, 2.45) is 11.8 Å². The fourth-order valence-corrected chi connectivity index (χ4v) is 2.22. The number of hydrogen-bond acceptors (Lipinski definition) is 3. The van der Waals surface area contributed by atoms with Crippen molar-refractivity contribution in [3.63, 3.8) is 0 Å². The summed E-state index contributed by atoms with van der Waals surface area (Å²) in [5, 5.41) is 20.4. The van der Waals surface area contributed by atoms with Crippen LogP contribution in [0.15, 0.2) is 0 Å². The molecule has 0 saturated carbocycles. The first kappa shape index (κ1) is 15.8. The van der Waals surface area contributed by atoms with Gasteiger partial charge < -0.3 is 20.4 Å². The van der Waals surface area contributed by atoms with Gasteiger partial charge in [0, 0.05) is 38.6 Å². The van der Waals surface area contributed by atoms with E-state index in [4.69, 9.17) is 10.2 Å². The normalized spacial score (nSPS) is 20.3. The number of aliphatic carboxylic acids is 1. The molecule has 0 radical (unpaired) electrons. The van der Waals surface area contributed by atoms with Crippen molar-refractivity contribution in [2.45, 2.75) is 32.6 Å². The van der Waals surface area contributed by atoms with Gasteiger partial charge in [0.15, 0.2) is 0 Å². The highest BCUT2D eigenvalue weighted by atomic mass is 16.4. The van der Waals surface area contributed by atoms with Gasteiger partial charge in [-0.05, 0) is 25.2 Å². The summed E-state index contributed by atoms with van der Waals surface area (Å²) in [5.41, 5.74) is 0. The van der Waals surface area contributed by atoms with Crippen molar-refractivity contribution in [3.05, 3.63) is 0 Å². The van der Waals surface area contributed by atoms with Crippen LogP contribution >= 0.6 is 0 Å². The van der Waals surface area contributed by atoms with Gasteiger partial charge in [0.25, 0.3) is 0 Å². The predicted octanol–water partition coefficient (Wildman–Crippen LogP) is 0.901. The van der Waals surface area contributed by atoms with Crippen LogP contribution in [-0.4, -0.2) is 53.4 Å². The van der Waals surface area contributed by atoms with E-state index in [9.17, 15) is 9.59 Å². The highest BCUT2D eigenvalue weighted by Crippen LogP contribution is 2.15. The molecule has 3 N–H and O–H groups in total. The lowest BCUT2D eigenvalue weighted by atomic mass is 10.0. The van der Waals surface area contributed by atoms with E-state index in [1.54, 1.807) is 4.90 Å². The molecule has 6 nitrogen and oxygen atoms in total. The topological polar surface area (TPSA) is 89.9 Å². The van der Waals surface area contributed by atoms with E-state index in [0.717, 1.165) is 12.8 Å². The van der Waals surface area contributed by atoms with Crippen LogP contribution in [0, 0.1) is 11.8 Å². The van der Waals surface area contributed by atoms with Crippen LogP contribution in [-0.2, 0) is 4.79 Å². The number of aliphatic hydroxyl groups is 1. The SMILES string of the molecule is CC(CCNC(=O)N1CCC(CO)C1)CCC(=O)O. The molecule has 0 spiro atoms. The van der Waals surface area contributed by atoms with Crippen molar-refractivity contribution in [1.29, 1.82) is 0 Å². The molecule has 0 aromatic carbocycles. The molecule has 0 aromatic rings. The second kappa shape index (κ2) is 7.99. The molecule has 19 heavy (non-hydrogen) atoms. The highest BCUT2D eigenvalue weighted by Gasteiger charge is 2.25. The Bertz CT molecular complexity index is 309. The summed E-state index contributed by atoms with van der Waals surface area (Å²) >= 11 is 0. The maximum atomic E-state index is 11.8. The molecule has 0 aromatic heterocycles. The lowest BCUT2D eigenvalue weighted by Gasteiger charge is -2.18. The first-order chi connectivity index (χ1) is 9.02. The van der Waals surface area contributed by atoms with Crippen molar-refractivity contribution >= 4 is 12.0 Å². The van der Waals surface area contributed by atoms with Crippen LogP contribution in [0.5, 0.6) is 0 Å². The van der Waals surface area contributed by atoms with Gasteiger partial charge in [-0.1, -0.05) is 6.92 Å². The number of amides is 2. The Morgan fingerprint density at radius 3 is 2.74 bits per heavy atom. The van der Waals surface area contributed by atoms with Crippen LogP contribution in [0.1, 0.15) is 32.6 Å². The molecule has 1 rings (SSSR count). The van der Waals surface area contributed by atoms with Crippen molar-refractivity contribution < 1.29 is 19.8 Å². The fraction of sp³-hybridized carbons (Fsp3) is 0.846. The zero-order chi connectivity index (χ0) is 14.3. The largest absolute Gasteiger partial charge is 0.481 e. The number of hydrogen-bond donors (Lipinski definition) is 3. The third kappa shape index (κ3) is 5.92. The summed E-state index contributed by atoms with van der Waals surface area (Å²) in [7, 11) is 0. The average Bonchev–Trinajstić information content (AvgIpc) is 2.85. The molecular formula is C13H24N2O4. The molecule has 2 amide bonds. The number of aliphatic hydroxyl groups excluding tert-OH is 1. The number of carboxylic acids is 1. The molecule has 2 atom stereocenters. The molecule has 1 aliphatic rings. The van der Waals surface area contributed by atoms with Gasteiger partial charge in [-0.2, -0.15) is 0 Å². The van der Waals surface area contributed by atoms with Gasteiger partial charge >= 0.3 is 12.0 Å². The van der Waals surface area contributed by atoms with Crippen LogP contribution < -0.4 is 5.32 Å². The summed E-state index contributed by atoms with van der Waals surface area (Å²) in [4.78, 5) is 23.9. The maximum absolute atomic E-state index is 11.8. The van der Waals surface area contributed by atoms with Crippen LogP contribution in [0.4, 0.5) is 4.79 Å². The number of carboxylic acid groups (broad SMARTS) is 1. The maximum Gasteiger partial charge on any atom is 0.317 e. The number of carbonyl (C=O) groups excluding carboxylic acids is 1. The predicted molar refractivity (Wildman–Crippen MR) is 70.8 cm³/mol. The number of urea groups is 1. The molecule has 0 aliphatic carbocycles. The minimum Gasteiger partial charge on any atom is -0.481 e. The number of nitrogens with one attached hydrogen (secondary N) is 1. The Morgan fingerprint density at radius 1 is 1.42 bits per heavy atom. The summed E-state index contributed by atoms with van der Waals surface area (Å²) in [6.45, 7) is 4.02. The van der Waals surface area contributed by atoms with Crippen molar-refractivity contribution in [1.82, 2.24) is 10.2 Å². The van der Waals surface area contributed by atoms with E-state index < -0.39 is 5.97 Å². The summed E-state index contributed by atoms with van der Waals surface area (Å²) in [6.07, 6.45) is 2.47. The molecule has 2 unspecified atom stereocenters. The second-order valence-electron chi connectivity index (χ2n) is 5.34. The molecule has 0 bridgehead atoms. The molecule has 110 valence electrons. The Kier molecular flexibility index (Phi) is 6.62. The van der Waals surface area contributed by atoms with E-state index >= 15 is 0 Å². The highest BCUT2D eigenvalue weighted by molar-refractivity contribution is 5.74. The van der Waals surface area contributed by atoms with Crippen LogP contribution in [0.2, 0.25) is 0 Å². The number of rotatable bonds is 7. The molecule has 1 saturated heterocycles. The van der Waals surface area contributed by atoms with E-state index in [-0.39, 0.29) is 25.0 Å². The Balaban J connectivity index is 2.12. The van der Waals surface area contributed by atoms with E-state index in [1.807, 2.05) is 6.92 Å². The van der Waals surface area contributed by atoms with Crippen LogP contribution in [0.3, 0.4) is 0 Å². The van der Waals surface area contributed by atoms with Gasteiger partial charge in [-0.25, -0.2) is 4.79 Å². The molecule has 6 heteroatoms. The zero-order valence-electron chi connectivity index (χ0n) is 11.5. The molecular weight excluding hydrogens is 248 g/mol. The number of likely N-dealkylation sites (tertiary alicyclic amines) is 1. The first-order valence-electron chi connectivity index (χ1n) is 6.88. The lowest BCUT2D eigenvalue weighted by Crippen LogP contribution is -2.39. The molecule has 1 aliphatic heterocycles. The summed E-state index contributed by atoms with van der Waals surface area (Å²) in [5.74, 6) is -0.275. The fourth-order valence-electron chi connectivity index (χ4n) is 2.22. The van der Waals surface area contributed by atoms with Crippen molar-refractivity contribution in [2.75, 3.05) is 26.2 Å². The first-order valence-corrected chi connectivity index (χ1v) is 6.88. The third-order valence-electron chi connectivity index (χ3n) is 3.60. The van der Waals surface area contributed by atoms with Crippen LogP contribution in [0.25, 0.3) is 0 Å². The van der Waals surface area contributed by atoms with E-state index in [1.165, 1.54) is 0 Å². The van der Waals surface area contributed by atoms with Gasteiger partial charge in [0.05, 0.1) is 0 Å². The van der Waals surface area contributed by atoms with Gasteiger partial charge in [-0.15, -0.1) is 0 Å².